The third-order valence-electron chi connectivity index (χ3n) is 4.06. The average molecular weight is 352 g/mol. The van der Waals surface area contributed by atoms with E-state index in [1.807, 2.05) is 11.5 Å². The number of rotatable bonds is 8. The van der Waals surface area contributed by atoms with Gasteiger partial charge in [0.2, 0.25) is 0 Å². The second-order valence-corrected chi connectivity index (χ2v) is 7.28. The van der Waals surface area contributed by atoms with Crippen LogP contribution in [0.1, 0.15) is 46.5 Å². The van der Waals surface area contributed by atoms with Gasteiger partial charge in [-0.05, 0) is 20.3 Å². The molecule has 0 saturated heterocycles. The number of unbranched alkanes of at least 4 members (excludes halogenated alkanes) is 3. The number of carbonyl (C=O) groups excluding carboxylic acids is 1. The molecule has 0 saturated carbocycles. The Morgan fingerprint density at radius 2 is 2.00 bits per heavy atom. The van der Waals surface area contributed by atoms with Crippen LogP contribution in [0.2, 0.25) is 0 Å². The van der Waals surface area contributed by atoms with E-state index in [1.165, 1.54) is 23.3 Å². The largest absolute Gasteiger partial charge is 0.329 e. The van der Waals surface area contributed by atoms with Crippen LogP contribution in [0.5, 0.6) is 0 Å². The monoisotopic (exact) mass is 352 g/mol. The third kappa shape index (κ3) is 3.80. The quantitative estimate of drug-likeness (QED) is 0.580. The van der Waals surface area contributed by atoms with Crippen molar-refractivity contribution in [3.63, 3.8) is 0 Å². The van der Waals surface area contributed by atoms with Crippen LogP contribution in [0.25, 0.3) is 11.2 Å². The van der Waals surface area contributed by atoms with Gasteiger partial charge in [0.05, 0.1) is 5.25 Å². The normalized spacial score (nSPS) is 12.7. The number of ketones is 1. The summed E-state index contributed by atoms with van der Waals surface area (Å²) in [5.41, 5.74) is -0.165. The van der Waals surface area contributed by atoms with Gasteiger partial charge in [-0.3, -0.25) is 19.1 Å². The Morgan fingerprint density at radius 1 is 1.29 bits per heavy atom. The summed E-state index contributed by atoms with van der Waals surface area (Å²) in [6.45, 7) is 6.14. The van der Waals surface area contributed by atoms with E-state index in [2.05, 4.69) is 16.9 Å². The molecule has 8 heteroatoms. The van der Waals surface area contributed by atoms with E-state index in [1.54, 1.807) is 7.05 Å². The molecule has 7 nitrogen and oxygen atoms in total. The fourth-order valence-electron chi connectivity index (χ4n) is 2.45. The molecule has 0 spiro atoms. The number of aryl methyl sites for hydroxylation is 2. The first-order valence-corrected chi connectivity index (χ1v) is 9.11. The number of carbonyl (C=O) groups is 1. The predicted octanol–water partition coefficient (Wildman–Crippen LogP) is 2.07. The van der Waals surface area contributed by atoms with Gasteiger partial charge in [-0.2, -0.15) is 0 Å². The van der Waals surface area contributed by atoms with Crippen LogP contribution in [0.15, 0.2) is 14.7 Å². The van der Waals surface area contributed by atoms with Crippen molar-refractivity contribution < 1.29 is 4.79 Å². The Hall–Kier alpha value is -1.83. The Balaban J connectivity index is 2.51. The number of aromatic nitrogens is 4. The molecule has 0 aliphatic rings. The Labute approximate surface area is 144 Å². The number of hydrogen-bond acceptors (Lipinski definition) is 5. The van der Waals surface area contributed by atoms with E-state index in [4.69, 9.17) is 0 Å². The highest BCUT2D eigenvalue weighted by molar-refractivity contribution is 8.00. The molecule has 2 aromatic heterocycles. The van der Waals surface area contributed by atoms with Gasteiger partial charge in [0.25, 0.3) is 5.56 Å². The van der Waals surface area contributed by atoms with E-state index < -0.39 is 11.2 Å². The number of Topliss-reactive ketones (excluding diaryl/α,β-unsaturated/α-hetero) is 1. The number of aromatic amines is 1. The van der Waals surface area contributed by atoms with E-state index in [9.17, 15) is 14.4 Å². The van der Waals surface area contributed by atoms with Crippen molar-refractivity contribution >= 4 is 28.7 Å². The van der Waals surface area contributed by atoms with Gasteiger partial charge in [-0.1, -0.05) is 37.9 Å². The summed E-state index contributed by atoms with van der Waals surface area (Å²) in [6, 6.07) is 0. The van der Waals surface area contributed by atoms with Crippen molar-refractivity contribution in [2.45, 2.75) is 63.4 Å². The lowest BCUT2D eigenvalue weighted by Gasteiger charge is -2.10. The van der Waals surface area contributed by atoms with Crippen molar-refractivity contribution in [3.8, 4) is 0 Å². The molecule has 0 aliphatic heterocycles. The predicted molar refractivity (Wildman–Crippen MR) is 95.7 cm³/mol. The molecule has 0 amide bonds. The fourth-order valence-corrected chi connectivity index (χ4v) is 3.38. The first kappa shape index (κ1) is 18.5. The van der Waals surface area contributed by atoms with Crippen molar-refractivity contribution in [2.75, 3.05) is 0 Å². The second kappa shape index (κ2) is 7.83. The highest BCUT2D eigenvalue weighted by Crippen LogP contribution is 2.26. The zero-order chi connectivity index (χ0) is 17.9. The minimum absolute atomic E-state index is 0.0485. The number of hydrogen-bond donors (Lipinski definition) is 1. The van der Waals surface area contributed by atoms with Gasteiger partial charge in [-0.25, -0.2) is 9.78 Å². The second-order valence-electron chi connectivity index (χ2n) is 5.97. The van der Waals surface area contributed by atoms with Crippen molar-refractivity contribution in [3.05, 3.63) is 20.8 Å². The maximum Gasteiger partial charge on any atom is 0.329 e. The minimum Gasteiger partial charge on any atom is -0.313 e. The van der Waals surface area contributed by atoms with Crippen LogP contribution in [0, 0.1) is 0 Å². The summed E-state index contributed by atoms with van der Waals surface area (Å²) in [5.74, 6) is 0.0485. The number of thioether (sulfide) groups is 1. The van der Waals surface area contributed by atoms with Gasteiger partial charge >= 0.3 is 5.69 Å². The van der Waals surface area contributed by atoms with Crippen LogP contribution in [-0.2, 0) is 18.4 Å². The molecule has 0 aliphatic carbocycles. The summed E-state index contributed by atoms with van der Waals surface area (Å²) < 4.78 is 3.18. The molecule has 2 rings (SSSR count). The van der Waals surface area contributed by atoms with Gasteiger partial charge in [0.15, 0.2) is 16.3 Å². The zero-order valence-corrected chi connectivity index (χ0v) is 15.4. The zero-order valence-electron chi connectivity index (χ0n) is 14.6. The number of fused-ring (bicyclic) bond motifs is 1. The molecule has 0 bridgehead atoms. The number of nitrogens with one attached hydrogen (secondary N) is 1. The van der Waals surface area contributed by atoms with Crippen LogP contribution < -0.4 is 11.2 Å². The van der Waals surface area contributed by atoms with E-state index in [-0.39, 0.29) is 11.0 Å². The Kier molecular flexibility index (Phi) is 6.04. The van der Waals surface area contributed by atoms with Crippen molar-refractivity contribution in [1.82, 2.24) is 19.1 Å². The number of nitrogens with zero attached hydrogens (tertiary/aromatic N) is 3. The van der Waals surface area contributed by atoms with E-state index >= 15 is 0 Å². The lowest BCUT2D eigenvalue weighted by atomic mass is 10.2. The molecule has 24 heavy (non-hydrogen) atoms. The highest BCUT2D eigenvalue weighted by atomic mass is 32.2. The summed E-state index contributed by atoms with van der Waals surface area (Å²) in [4.78, 5) is 42.5. The summed E-state index contributed by atoms with van der Waals surface area (Å²) in [5, 5.41) is 0.350. The standard InChI is InChI=1S/C16H24N4O3S/c1-5-6-7-8-9-20-12-13(19(4)15(23)18-14(12)22)17-16(20)24-11(3)10(2)21/h11H,5-9H2,1-4H3,(H,18,22,23)/t11-/m1/s1. The smallest absolute Gasteiger partial charge is 0.313 e. The summed E-state index contributed by atoms with van der Waals surface area (Å²) in [6.07, 6.45) is 4.24. The van der Waals surface area contributed by atoms with Crippen LogP contribution in [0.3, 0.4) is 0 Å². The molecule has 0 fully saturated rings. The first-order chi connectivity index (χ1) is 11.4. The van der Waals surface area contributed by atoms with Crippen LogP contribution in [-0.4, -0.2) is 30.1 Å². The molecule has 2 aromatic rings. The third-order valence-corrected chi connectivity index (χ3v) is 5.27. The average Bonchev–Trinajstić information content (AvgIpc) is 2.88. The van der Waals surface area contributed by atoms with Crippen LogP contribution >= 0.6 is 11.8 Å². The van der Waals surface area contributed by atoms with E-state index in [0.29, 0.717) is 22.9 Å². The van der Waals surface area contributed by atoms with Crippen molar-refractivity contribution in [1.29, 1.82) is 0 Å². The van der Waals surface area contributed by atoms with Crippen LogP contribution in [0.4, 0.5) is 0 Å². The molecule has 1 N–H and O–H groups in total. The fraction of sp³-hybridized carbons (Fsp3) is 0.625. The molecule has 0 radical (unpaired) electrons. The highest BCUT2D eigenvalue weighted by Gasteiger charge is 2.20. The molecule has 2 heterocycles. The van der Waals surface area contributed by atoms with Gasteiger partial charge in [-0.15, -0.1) is 0 Å². The lowest BCUT2D eigenvalue weighted by molar-refractivity contribution is -0.116. The van der Waals surface area contributed by atoms with Crippen molar-refractivity contribution in [2.24, 2.45) is 7.05 Å². The Morgan fingerprint density at radius 3 is 2.62 bits per heavy atom. The summed E-state index contributed by atoms with van der Waals surface area (Å²) >= 11 is 1.33. The number of H-pyrrole nitrogens is 1. The molecule has 0 aromatic carbocycles. The first-order valence-electron chi connectivity index (χ1n) is 8.23. The maximum absolute atomic E-state index is 12.3. The molecule has 1 atom stereocenters. The number of imidazole rings is 1. The maximum atomic E-state index is 12.3. The van der Waals surface area contributed by atoms with Gasteiger partial charge in [0.1, 0.15) is 5.78 Å². The summed E-state index contributed by atoms with van der Waals surface area (Å²) in [7, 11) is 1.58. The Bertz CT molecular complexity index is 849. The van der Waals surface area contributed by atoms with Gasteiger partial charge in [0, 0.05) is 13.6 Å². The molecule has 0 unspecified atom stereocenters. The van der Waals surface area contributed by atoms with Gasteiger partial charge < -0.3 is 4.57 Å². The minimum atomic E-state index is -0.487. The van der Waals surface area contributed by atoms with E-state index in [0.717, 1.165) is 25.7 Å². The molecular weight excluding hydrogens is 328 g/mol. The topological polar surface area (TPSA) is 89.8 Å². The SMILES string of the molecule is CCCCCCn1c(S[C@H](C)C(C)=O)nc2c1c(=O)[nH]c(=O)n2C. The molecular formula is C16H24N4O3S. The molecule has 132 valence electrons. The lowest BCUT2D eigenvalue weighted by Crippen LogP contribution is -2.29.